The molecular formula is C19H31ClOSiZr-. The number of aliphatic hydroxyl groups excluding tert-OH is 1. The molecule has 0 aromatic carbocycles. The summed E-state index contributed by atoms with van der Waals surface area (Å²) < 4.78 is 0. The first kappa shape index (κ1) is 25.5. The molecule has 23 heavy (non-hydrogen) atoms. The summed E-state index contributed by atoms with van der Waals surface area (Å²) in [6.07, 6.45) is 4.00. The second-order valence-electron chi connectivity index (χ2n) is 6.48. The summed E-state index contributed by atoms with van der Waals surface area (Å²) in [5.41, 5.74) is 7.58. The molecule has 0 saturated carbocycles. The Morgan fingerprint density at radius 2 is 1.13 bits per heavy atom. The molecule has 2 aliphatic carbocycles. The second-order valence-corrected chi connectivity index (χ2v) is 7.63. The second kappa shape index (κ2) is 11.0. The minimum atomic E-state index is -0.419. The van der Waals surface area contributed by atoms with Crippen LogP contribution in [0.5, 0.6) is 0 Å². The molecule has 1 N–H and O–H groups in total. The van der Waals surface area contributed by atoms with E-state index in [1.54, 1.807) is 0 Å². The number of allylic oxidation sites excluding steroid dienone is 6. The number of aliphatic hydroxyl groups is 1. The van der Waals surface area contributed by atoms with Crippen LogP contribution < -0.4 is 12.4 Å². The summed E-state index contributed by atoms with van der Waals surface area (Å²) in [5.74, 6) is 0.738. The third-order valence-electron chi connectivity index (χ3n) is 4.69. The van der Waals surface area contributed by atoms with Crippen LogP contribution in [0.3, 0.4) is 0 Å². The van der Waals surface area contributed by atoms with Gasteiger partial charge in [0.05, 0.1) is 6.10 Å². The molecule has 0 aromatic heterocycles. The van der Waals surface area contributed by atoms with Gasteiger partial charge in [0, 0.05) is 47.6 Å². The first-order chi connectivity index (χ1) is 9.76. The van der Waals surface area contributed by atoms with E-state index in [0.717, 1.165) is 9.52 Å². The molecule has 2 unspecified atom stereocenters. The zero-order valence-corrected chi connectivity index (χ0v) is 20.2. The molecule has 0 aliphatic heterocycles. The molecule has 0 heterocycles. The molecule has 4 heteroatoms. The molecular weight excluding hydrogens is 399 g/mol. The van der Waals surface area contributed by atoms with E-state index in [2.05, 4.69) is 66.8 Å². The zero-order valence-electron chi connectivity index (χ0n) is 15.8. The topological polar surface area (TPSA) is 20.2 Å². The average Bonchev–Trinajstić information content (AvgIpc) is 2.77. The Morgan fingerprint density at radius 3 is 1.30 bits per heavy atom. The SMILES string of the molecule is CC1=CC(C)=C(C(O)C2=C(C)C=C(C)C2C)C1C.C[SiH]C.[Cl-].[Zr]. The van der Waals surface area contributed by atoms with Crippen molar-refractivity contribution >= 4 is 9.52 Å². The van der Waals surface area contributed by atoms with Crippen LogP contribution in [0.2, 0.25) is 13.1 Å². The van der Waals surface area contributed by atoms with Gasteiger partial charge in [-0.25, -0.2) is 0 Å². The van der Waals surface area contributed by atoms with E-state index in [-0.39, 0.29) is 38.6 Å². The minimum absolute atomic E-state index is 0. The third-order valence-corrected chi connectivity index (χ3v) is 4.69. The first-order valence-corrected chi connectivity index (χ1v) is 10.3. The predicted octanol–water partition coefficient (Wildman–Crippen LogP) is 1.69. The molecule has 0 fully saturated rings. The molecule has 2 rings (SSSR count). The molecule has 0 spiro atoms. The molecule has 0 aromatic rings. The van der Waals surface area contributed by atoms with Crippen LogP contribution >= 0.6 is 0 Å². The van der Waals surface area contributed by atoms with Crippen LogP contribution in [0.4, 0.5) is 0 Å². The summed E-state index contributed by atoms with van der Waals surface area (Å²) in [5, 5.41) is 10.8. The summed E-state index contributed by atoms with van der Waals surface area (Å²) in [4.78, 5) is 0. The molecule has 1 radical (unpaired) electrons. The maximum absolute atomic E-state index is 10.8. The van der Waals surface area contributed by atoms with Crippen LogP contribution in [0.15, 0.2) is 45.6 Å². The fraction of sp³-hybridized carbons (Fsp3) is 0.579. The van der Waals surface area contributed by atoms with Gasteiger partial charge in [0.2, 0.25) is 0 Å². The number of hydrogen-bond donors (Lipinski definition) is 1. The van der Waals surface area contributed by atoms with E-state index in [9.17, 15) is 5.11 Å². The van der Waals surface area contributed by atoms with E-state index in [1.807, 2.05) is 0 Å². The Hall–Kier alpha value is 0.310. The Balaban J connectivity index is 0. The van der Waals surface area contributed by atoms with E-state index >= 15 is 0 Å². The van der Waals surface area contributed by atoms with Gasteiger partial charge in [0.15, 0.2) is 0 Å². The monoisotopic (exact) mass is 428 g/mol. The zero-order chi connectivity index (χ0) is 16.3. The number of halogens is 1. The van der Waals surface area contributed by atoms with E-state index in [1.165, 1.54) is 33.4 Å². The van der Waals surface area contributed by atoms with Crippen molar-refractivity contribution < 1.29 is 43.7 Å². The van der Waals surface area contributed by atoms with Crippen LogP contribution in [-0.2, 0) is 26.2 Å². The number of hydrogen-bond acceptors (Lipinski definition) is 1. The van der Waals surface area contributed by atoms with Crippen molar-refractivity contribution in [3.05, 3.63) is 45.6 Å². The van der Waals surface area contributed by atoms with Gasteiger partial charge in [0.1, 0.15) is 0 Å². The smallest absolute Gasteiger partial charge is 0.0983 e. The molecule has 0 saturated heterocycles. The summed E-state index contributed by atoms with van der Waals surface area (Å²) in [6, 6.07) is 0. The van der Waals surface area contributed by atoms with Crippen molar-refractivity contribution in [3.8, 4) is 0 Å². The Labute approximate surface area is 170 Å². The van der Waals surface area contributed by atoms with Crippen molar-refractivity contribution in [2.75, 3.05) is 0 Å². The first-order valence-electron chi connectivity index (χ1n) is 7.95. The van der Waals surface area contributed by atoms with Crippen LogP contribution in [0.25, 0.3) is 0 Å². The normalized spacial score (nSPS) is 24.2. The predicted molar refractivity (Wildman–Crippen MR) is 96.1 cm³/mol. The van der Waals surface area contributed by atoms with Gasteiger partial charge in [-0.2, -0.15) is 0 Å². The fourth-order valence-electron chi connectivity index (χ4n) is 3.35. The standard InChI is InChI=1S/C17H24O.C2H7Si.ClH.Zr/c1-9-7-11(3)15(13(9)5)17(18)16-12(4)8-10(2)14(16)6;1-3-2;;/h7-8,13-14,17-18H,1-6H3;3H,1-2H3;1H;/p-1. The molecule has 2 aliphatic rings. The third kappa shape index (κ3) is 5.66. The van der Waals surface area contributed by atoms with Crippen molar-refractivity contribution in [1.29, 1.82) is 0 Å². The Bertz CT molecular complexity index is 485. The summed E-state index contributed by atoms with van der Waals surface area (Å²) >= 11 is 0. The maximum Gasteiger partial charge on any atom is 0.0983 e. The average molecular weight is 430 g/mol. The molecule has 129 valence electrons. The summed E-state index contributed by atoms with van der Waals surface area (Å²) in [7, 11) is 0.750. The Kier molecular flexibility index (Phi) is 12.3. The van der Waals surface area contributed by atoms with Gasteiger partial charge >= 0.3 is 0 Å². The Morgan fingerprint density at radius 1 is 0.870 bits per heavy atom. The van der Waals surface area contributed by atoms with E-state index in [4.69, 9.17) is 0 Å². The minimum Gasteiger partial charge on any atom is -1.00 e. The van der Waals surface area contributed by atoms with Crippen LogP contribution in [0, 0.1) is 11.8 Å². The largest absolute Gasteiger partial charge is 1.00 e. The van der Waals surface area contributed by atoms with Gasteiger partial charge in [-0.3, -0.25) is 0 Å². The van der Waals surface area contributed by atoms with Crippen molar-refractivity contribution in [2.24, 2.45) is 11.8 Å². The van der Waals surface area contributed by atoms with Gasteiger partial charge in [-0.15, -0.1) is 0 Å². The molecule has 2 atom stereocenters. The van der Waals surface area contributed by atoms with Gasteiger partial charge < -0.3 is 17.5 Å². The molecule has 1 nitrogen and oxygen atoms in total. The number of rotatable bonds is 2. The molecule has 0 bridgehead atoms. The van der Waals surface area contributed by atoms with Gasteiger partial charge in [0.25, 0.3) is 0 Å². The van der Waals surface area contributed by atoms with Gasteiger partial charge in [-0.05, 0) is 50.0 Å². The maximum atomic E-state index is 10.8. The van der Waals surface area contributed by atoms with Gasteiger partial charge in [-0.1, -0.05) is 50.2 Å². The summed E-state index contributed by atoms with van der Waals surface area (Å²) in [6.45, 7) is 17.3. The van der Waals surface area contributed by atoms with Crippen molar-refractivity contribution in [1.82, 2.24) is 0 Å². The van der Waals surface area contributed by atoms with Crippen LogP contribution in [0.1, 0.15) is 41.5 Å². The van der Waals surface area contributed by atoms with E-state index < -0.39 is 6.10 Å². The van der Waals surface area contributed by atoms with Crippen LogP contribution in [-0.4, -0.2) is 20.7 Å². The quantitative estimate of drug-likeness (QED) is 0.662. The van der Waals surface area contributed by atoms with E-state index in [0.29, 0.717) is 11.8 Å². The van der Waals surface area contributed by atoms with Crippen molar-refractivity contribution in [3.63, 3.8) is 0 Å². The molecule has 0 amide bonds. The van der Waals surface area contributed by atoms with Crippen molar-refractivity contribution in [2.45, 2.75) is 60.7 Å². The fourth-order valence-corrected chi connectivity index (χ4v) is 3.35.